The quantitative estimate of drug-likeness (QED) is 0.345. The molecule has 0 radical (unpaired) electrons. The Kier molecular flexibility index (Phi) is 4.09. The van der Waals surface area contributed by atoms with Crippen molar-refractivity contribution in [1.82, 2.24) is 0 Å². The highest BCUT2D eigenvalue weighted by atomic mass is 79.9. The fourth-order valence-corrected chi connectivity index (χ4v) is 0.241. The topological polar surface area (TPSA) is 21.6 Å². The molecule has 0 amide bonds. The zero-order valence-corrected chi connectivity index (χ0v) is 5.97. The van der Waals surface area contributed by atoms with Gasteiger partial charge < -0.3 is 4.84 Å². The van der Waals surface area contributed by atoms with E-state index in [1.165, 1.54) is 7.11 Å². The van der Waals surface area contributed by atoms with Crippen LogP contribution < -0.4 is 0 Å². The molecule has 0 aromatic carbocycles. The summed E-state index contributed by atoms with van der Waals surface area (Å²) in [6.07, 6.45) is 1.67. The van der Waals surface area contributed by atoms with Crippen LogP contribution in [0.3, 0.4) is 0 Å². The molecule has 3 heteroatoms. The first-order valence-corrected chi connectivity index (χ1v) is 2.89. The maximum Gasteiger partial charge on any atom is 0.106 e. The van der Waals surface area contributed by atoms with Crippen LogP contribution in [0.4, 0.5) is 0 Å². The molecule has 0 saturated carbocycles. The molecule has 0 aromatic rings. The van der Waals surface area contributed by atoms with Crippen molar-refractivity contribution >= 4 is 22.1 Å². The van der Waals surface area contributed by atoms with Gasteiger partial charge in [-0.2, -0.15) is 0 Å². The molecule has 0 fully saturated rings. The molecule has 1 unspecified atom stereocenters. The Morgan fingerprint density at radius 2 is 2.43 bits per heavy atom. The molecule has 0 spiro atoms. The monoisotopic (exact) mass is 165 g/mol. The molecular weight excluding hydrogens is 158 g/mol. The van der Waals surface area contributed by atoms with Crippen LogP contribution in [0.5, 0.6) is 0 Å². The summed E-state index contributed by atoms with van der Waals surface area (Å²) in [5.74, 6) is 0. The molecule has 1 atom stereocenters. The van der Waals surface area contributed by atoms with E-state index in [4.69, 9.17) is 0 Å². The Morgan fingerprint density at radius 3 is 2.57 bits per heavy atom. The molecule has 0 rings (SSSR count). The number of nitrogens with zero attached hydrogens (tertiary/aromatic N) is 1. The van der Waals surface area contributed by atoms with Gasteiger partial charge in [-0.15, -0.1) is 0 Å². The predicted octanol–water partition coefficient (Wildman–Crippen LogP) is 1.40. The smallest absolute Gasteiger partial charge is 0.106 e. The summed E-state index contributed by atoms with van der Waals surface area (Å²) < 4.78 is 0. The number of alkyl halides is 1. The van der Waals surface area contributed by atoms with Crippen LogP contribution in [0.25, 0.3) is 0 Å². The third-order valence-electron chi connectivity index (χ3n) is 0.372. The SMILES string of the molecule is CO/N=C/C(C)Br. The van der Waals surface area contributed by atoms with E-state index in [0.29, 0.717) is 4.83 Å². The van der Waals surface area contributed by atoms with Crippen molar-refractivity contribution in [2.75, 3.05) is 7.11 Å². The van der Waals surface area contributed by atoms with Crippen molar-refractivity contribution < 1.29 is 4.84 Å². The second-order valence-electron chi connectivity index (χ2n) is 1.11. The number of hydrogen-bond donors (Lipinski definition) is 0. The van der Waals surface area contributed by atoms with Gasteiger partial charge in [0.2, 0.25) is 0 Å². The molecule has 0 aliphatic carbocycles. The van der Waals surface area contributed by atoms with E-state index in [0.717, 1.165) is 0 Å². The molecule has 0 heterocycles. The van der Waals surface area contributed by atoms with Crippen molar-refractivity contribution in [2.24, 2.45) is 5.16 Å². The summed E-state index contributed by atoms with van der Waals surface area (Å²) in [5.41, 5.74) is 0. The van der Waals surface area contributed by atoms with Crippen LogP contribution in [0.15, 0.2) is 5.16 Å². The first-order chi connectivity index (χ1) is 3.27. The molecule has 7 heavy (non-hydrogen) atoms. The minimum Gasteiger partial charge on any atom is -0.399 e. The van der Waals surface area contributed by atoms with Crippen molar-refractivity contribution in [3.8, 4) is 0 Å². The molecule has 0 saturated heterocycles. The van der Waals surface area contributed by atoms with Crippen molar-refractivity contribution in [1.29, 1.82) is 0 Å². The molecule has 0 aliphatic rings. The predicted molar refractivity (Wildman–Crippen MR) is 33.9 cm³/mol. The van der Waals surface area contributed by atoms with Gasteiger partial charge in [0.1, 0.15) is 7.11 Å². The minimum atomic E-state index is 0.299. The average molecular weight is 166 g/mol. The normalized spacial score (nSPS) is 14.7. The van der Waals surface area contributed by atoms with Crippen molar-refractivity contribution in [2.45, 2.75) is 11.8 Å². The lowest BCUT2D eigenvalue weighted by Gasteiger charge is -1.87. The summed E-state index contributed by atoms with van der Waals surface area (Å²) >= 11 is 3.25. The largest absolute Gasteiger partial charge is 0.399 e. The van der Waals surface area contributed by atoms with Gasteiger partial charge in [-0.3, -0.25) is 0 Å². The van der Waals surface area contributed by atoms with E-state index in [9.17, 15) is 0 Å². The highest BCUT2D eigenvalue weighted by Crippen LogP contribution is 1.90. The van der Waals surface area contributed by atoms with Crippen molar-refractivity contribution in [3.05, 3.63) is 0 Å². The van der Waals surface area contributed by atoms with Crippen LogP contribution in [0.1, 0.15) is 6.92 Å². The summed E-state index contributed by atoms with van der Waals surface area (Å²) in [4.78, 5) is 4.69. The standard InChI is InChI=1S/C4H8BrNO/c1-4(5)3-6-7-2/h3-4H,1-2H3/b6-3+. The number of oxime groups is 1. The Bertz CT molecular complexity index is 62.7. The lowest BCUT2D eigenvalue weighted by molar-refractivity contribution is 0.215. The minimum absolute atomic E-state index is 0.299. The van der Waals surface area contributed by atoms with E-state index in [1.54, 1.807) is 6.21 Å². The van der Waals surface area contributed by atoms with Gasteiger partial charge in [-0.05, 0) is 6.92 Å². The first-order valence-electron chi connectivity index (χ1n) is 1.98. The fourth-order valence-electron chi connectivity index (χ4n) is 0.145. The summed E-state index contributed by atoms with van der Waals surface area (Å²) in [5, 5.41) is 3.50. The average Bonchev–Trinajstić information content (AvgIpc) is 1.61. The third-order valence-corrected chi connectivity index (χ3v) is 0.608. The zero-order valence-electron chi connectivity index (χ0n) is 4.39. The number of rotatable bonds is 2. The van der Waals surface area contributed by atoms with E-state index in [-0.39, 0.29) is 0 Å². The molecule has 0 N–H and O–H groups in total. The van der Waals surface area contributed by atoms with E-state index in [1.807, 2.05) is 6.92 Å². The first kappa shape index (κ1) is 6.95. The van der Waals surface area contributed by atoms with Gasteiger partial charge in [-0.1, -0.05) is 21.1 Å². The van der Waals surface area contributed by atoms with Gasteiger partial charge in [-0.25, -0.2) is 0 Å². The lowest BCUT2D eigenvalue weighted by Crippen LogP contribution is -1.89. The Hall–Kier alpha value is -0.0500. The van der Waals surface area contributed by atoms with Gasteiger partial charge in [0.05, 0.1) is 11.0 Å². The maximum atomic E-state index is 4.39. The second kappa shape index (κ2) is 4.12. The number of halogens is 1. The summed E-state index contributed by atoms with van der Waals surface area (Å²) in [7, 11) is 1.52. The Balaban J connectivity index is 3.08. The van der Waals surface area contributed by atoms with Crippen LogP contribution in [-0.2, 0) is 4.84 Å². The molecule has 42 valence electrons. The lowest BCUT2D eigenvalue weighted by atomic mass is 10.5. The fraction of sp³-hybridized carbons (Fsp3) is 0.750. The Labute approximate surface area is 51.7 Å². The Morgan fingerprint density at radius 1 is 1.86 bits per heavy atom. The van der Waals surface area contributed by atoms with Crippen LogP contribution in [0, 0.1) is 0 Å². The van der Waals surface area contributed by atoms with E-state index < -0.39 is 0 Å². The van der Waals surface area contributed by atoms with Crippen LogP contribution >= 0.6 is 15.9 Å². The number of hydrogen-bond acceptors (Lipinski definition) is 2. The van der Waals surface area contributed by atoms with Gasteiger partial charge >= 0.3 is 0 Å². The molecule has 0 bridgehead atoms. The summed E-state index contributed by atoms with van der Waals surface area (Å²) in [6.45, 7) is 1.96. The molecule has 2 nitrogen and oxygen atoms in total. The van der Waals surface area contributed by atoms with Crippen LogP contribution in [0.2, 0.25) is 0 Å². The van der Waals surface area contributed by atoms with Gasteiger partial charge in [0.25, 0.3) is 0 Å². The van der Waals surface area contributed by atoms with Crippen molar-refractivity contribution in [3.63, 3.8) is 0 Å². The molecule has 0 aromatic heterocycles. The van der Waals surface area contributed by atoms with E-state index >= 15 is 0 Å². The third kappa shape index (κ3) is 5.95. The highest BCUT2D eigenvalue weighted by molar-refractivity contribution is 9.09. The second-order valence-corrected chi connectivity index (χ2v) is 2.56. The molecule has 0 aliphatic heterocycles. The highest BCUT2D eigenvalue weighted by Gasteiger charge is 1.83. The van der Waals surface area contributed by atoms with E-state index in [2.05, 4.69) is 25.9 Å². The summed E-state index contributed by atoms with van der Waals surface area (Å²) in [6, 6.07) is 0. The van der Waals surface area contributed by atoms with Gasteiger partial charge in [0.15, 0.2) is 0 Å². The maximum absolute atomic E-state index is 4.39. The van der Waals surface area contributed by atoms with Gasteiger partial charge in [0, 0.05) is 0 Å². The molecular formula is C4H8BrNO. The zero-order chi connectivity index (χ0) is 5.70. The van der Waals surface area contributed by atoms with Crippen LogP contribution in [-0.4, -0.2) is 18.2 Å².